The molecule has 4 nitrogen and oxygen atoms in total. The Labute approximate surface area is 175 Å². The lowest BCUT2D eigenvalue weighted by molar-refractivity contribution is 0.102. The van der Waals surface area contributed by atoms with Crippen molar-refractivity contribution in [3.63, 3.8) is 0 Å². The van der Waals surface area contributed by atoms with Crippen LogP contribution in [0.2, 0.25) is 5.15 Å². The van der Waals surface area contributed by atoms with Crippen molar-refractivity contribution in [1.82, 2.24) is 4.98 Å². The molecule has 0 saturated heterocycles. The molecule has 5 rings (SSSR count). The molecule has 3 aromatic rings. The molecule has 1 aliphatic carbocycles. The summed E-state index contributed by atoms with van der Waals surface area (Å²) in [6.07, 6.45) is 7.60. The fourth-order valence-corrected chi connectivity index (χ4v) is 4.91. The summed E-state index contributed by atoms with van der Waals surface area (Å²) in [6.45, 7) is 1.06. The number of para-hydroxylation sites is 1. The second-order valence-electron chi connectivity index (χ2n) is 8.05. The molecule has 2 aliphatic rings. The van der Waals surface area contributed by atoms with Gasteiger partial charge in [0.15, 0.2) is 5.15 Å². The second kappa shape index (κ2) is 7.68. The molecule has 1 aromatic heterocycles. The smallest absolute Gasteiger partial charge is 0.255 e. The van der Waals surface area contributed by atoms with Gasteiger partial charge in [-0.2, -0.15) is 0 Å². The number of hydrogen-bond acceptors (Lipinski definition) is 3. The zero-order chi connectivity index (χ0) is 19.8. The molecule has 5 heteroatoms. The number of carbonyl (C=O) groups is 1. The van der Waals surface area contributed by atoms with E-state index in [1.54, 1.807) is 0 Å². The SMILES string of the molecule is O=C(Nc1cc2ccccc2nc1Cl)c1ccc2c(c1)CCN2C1CCCCC1. The molecule has 1 saturated carbocycles. The fourth-order valence-electron chi connectivity index (χ4n) is 4.72. The van der Waals surface area contributed by atoms with E-state index in [0.29, 0.717) is 22.4 Å². The summed E-state index contributed by atoms with van der Waals surface area (Å²) < 4.78 is 0. The summed E-state index contributed by atoms with van der Waals surface area (Å²) in [7, 11) is 0. The van der Waals surface area contributed by atoms with Gasteiger partial charge in [-0.1, -0.05) is 49.1 Å². The van der Waals surface area contributed by atoms with Crippen LogP contribution in [0.25, 0.3) is 10.9 Å². The summed E-state index contributed by atoms with van der Waals surface area (Å²) in [6, 6.07) is 16.4. The second-order valence-corrected chi connectivity index (χ2v) is 8.41. The van der Waals surface area contributed by atoms with Crippen LogP contribution in [0.3, 0.4) is 0 Å². The molecule has 29 heavy (non-hydrogen) atoms. The van der Waals surface area contributed by atoms with E-state index in [4.69, 9.17) is 11.6 Å². The zero-order valence-electron chi connectivity index (χ0n) is 16.3. The van der Waals surface area contributed by atoms with Crippen molar-refractivity contribution in [3.8, 4) is 0 Å². The lowest BCUT2D eigenvalue weighted by Gasteiger charge is -2.33. The van der Waals surface area contributed by atoms with Crippen molar-refractivity contribution in [1.29, 1.82) is 0 Å². The highest BCUT2D eigenvalue weighted by molar-refractivity contribution is 6.33. The maximum atomic E-state index is 12.9. The first-order chi connectivity index (χ1) is 14.2. The van der Waals surface area contributed by atoms with Crippen molar-refractivity contribution in [2.45, 2.75) is 44.6 Å². The lowest BCUT2D eigenvalue weighted by Crippen LogP contribution is -2.35. The molecule has 2 aromatic carbocycles. The molecule has 1 N–H and O–H groups in total. The van der Waals surface area contributed by atoms with Crippen LogP contribution in [0.4, 0.5) is 11.4 Å². The van der Waals surface area contributed by atoms with Crippen molar-refractivity contribution < 1.29 is 4.79 Å². The van der Waals surface area contributed by atoms with Gasteiger partial charge in [-0.05, 0) is 55.2 Å². The minimum Gasteiger partial charge on any atom is -0.368 e. The number of fused-ring (bicyclic) bond motifs is 2. The van der Waals surface area contributed by atoms with Crippen molar-refractivity contribution >= 4 is 39.8 Å². The van der Waals surface area contributed by atoms with Gasteiger partial charge in [0.05, 0.1) is 11.2 Å². The van der Waals surface area contributed by atoms with Gasteiger partial charge in [-0.25, -0.2) is 4.98 Å². The molecule has 0 spiro atoms. The molecular weight excluding hydrogens is 382 g/mol. The minimum absolute atomic E-state index is 0.150. The topological polar surface area (TPSA) is 45.2 Å². The largest absolute Gasteiger partial charge is 0.368 e. The number of nitrogens with one attached hydrogen (secondary N) is 1. The highest BCUT2D eigenvalue weighted by atomic mass is 35.5. The molecule has 2 heterocycles. The molecule has 0 atom stereocenters. The van der Waals surface area contributed by atoms with Crippen LogP contribution in [0.5, 0.6) is 0 Å². The number of anilines is 2. The summed E-state index contributed by atoms with van der Waals surface area (Å²) in [5.41, 5.74) is 4.60. The van der Waals surface area contributed by atoms with E-state index in [1.807, 2.05) is 42.5 Å². The maximum absolute atomic E-state index is 12.9. The Morgan fingerprint density at radius 3 is 2.76 bits per heavy atom. The number of carbonyl (C=O) groups excluding carboxylic acids is 1. The predicted octanol–water partition coefficient (Wildman–Crippen LogP) is 5.84. The van der Waals surface area contributed by atoms with E-state index in [-0.39, 0.29) is 5.91 Å². The number of amides is 1. The van der Waals surface area contributed by atoms with Gasteiger partial charge in [0.2, 0.25) is 0 Å². The summed E-state index contributed by atoms with van der Waals surface area (Å²) in [4.78, 5) is 19.8. The predicted molar refractivity (Wildman–Crippen MR) is 119 cm³/mol. The first-order valence-corrected chi connectivity index (χ1v) is 10.8. The summed E-state index contributed by atoms with van der Waals surface area (Å²) >= 11 is 6.30. The monoisotopic (exact) mass is 405 g/mol. The van der Waals surface area contributed by atoms with Gasteiger partial charge in [0.25, 0.3) is 5.91 Å². The first kappa shape index (κ1) is 18.4. The molecule has 148 valence electrons. The van der Waals surface area contributed by atoms with Gasteiger partial charge in [-0.3, -0.25) is 4.79 Å². The molecule has 1 aliphatic heterocycles. The minimum atomic E-state index is -0.150. The Kier molecular flexibility index (Phi) is 4.88. The Hall–Kier alpha value is -2.59. The average molecular weight is 406 g/mol. The van der Waals surface area contributed by atoms with Gasteiger partial charge in [0, 0.05) is 29.2 Å². The van der Waals surface area contributed by atoms with Gasteiger partial charge < -0.3 is 10.2 Å². The van der Waals surface area contributed by atoms with Crippen LogP contribution in [0, 0.1) is 0 Å². The highest BCUT2D eigenvalue weighted by Crippen LogP contribution is 2.35. The Bertz CT molecular complexity index is 1070. The number of pyridine rings is 1. The van der Waals surface area contributed by atoms with E-state index < -0.39 is 0 Å². The standard InChI is InChI=1S/C24H24ClN3O/c25-23-21(15-16-6-4-5-9-20(16)26-23)27-24(29)18-10-11-22-17(14-18)12-13-28(22)19-7-2-1-3-8-19/h4-6,9-11,14-15,19H,1-3,7-8,12-13H2,(H,27,29). The molecule has 0 radical (unpaired) electrons. The van der Waals surface area contributed by atoms with Crippen molar-refractivity contribution in [3.05, 3.63) is 64.8 Å². The molecule has 0 bridgehead atoms. The van der Waals surface area contributed by atoms with Crippen LogP contribution in [0.1, 0.15) is 48.0 Å². The van der Waals surface area contributed by atoms with E-state index in [1.165, 1.54) is 43.4 Å². The summed E-state index contributed by atoms with van der Waals surface area (Å²) in [5, 5.41) is 4.19. The Morgan fingerprint density at radius 1 is 1.07 bits per heavy atom. The Balaban J connectivity index is 1.37. The van der Waals surface area contributed by atoms with Crippen molar-refractivity contribution in [2.24, 2.45) is 0 Å². The highest BCUT2D eigenvalue weighted by Gasteiger charge is 2.27. The quantitative estimate of drug-likeness (QED) is 0.557. The van der Waals surface area contributed by atoms with Crippen LogP contribution >= 0.6 is 11.6 Å². The summed E-state index contributed by atoms with van der Waals surface area (Å²) in [5.74, 6) is -0.150. The first-order valence-electron chi connectivity index (χ1n) is 10.5. The van der Waals surface area contributed by atoms with E-state index in [9.17, 15) is 4.79 Å². The van der Waals surface area contributed by atoms with Crippen LogP contribution in [-0.4, -0.2) is 23.5 Å². The lowest BCUT2D eigenvalue weighted by atomic mass is 9.94. The van der Waals surface area contributed by atoms with Crippen LogP contribution in [0.15, 0.2) is 48.5 Å². The maximum Gasteiger partial charge on any atom is 0.255 e. The van der Waals surface area contributed by atoms with Crippen molar-refractivity contribution in [2.75, 3.05) is 16.8 Å². The molecule has 0 unspecified atom stereocenters. The van der Waals surface area contributed by atoms with Gasteiger partial charge >= 0.3 is 0 Å². The molecule has 1 amide bonds. The van der Waals surface area contributed by atoms with E-state index >= 15 is 0 Å². The average Bonchev–Trinajstić information content (AvgIpc) is 3.18. The van der Waals surface area contributed by atoms with Gasteiger partial charge in [0.1, 0.15) is 0 Å². The van der Waals surface area contributed by atoms with Crippen LogP contribution < -0.4 is 10.2 Å². The van der Waals surface area contributed by atoms with E-state index in [0.717, 1.165) is 23.9 Å². The third kappa shape index (κ3) is 3.58. The zero-order valence-corrected chi connectivity index (χ0v) is 17.1. The molecule has 1 fully saturated rings. The third-order valence-corrected chi connectivity index (χ3v) is 6.50. The van der Waals surface area contributed by atoms with Gasteiger partial charge in [-0.15, -0.1) is 0 Å². The van der Waals surface area contributed by atoms with Crippen LogP contribution in [-0.2, 0) is 6.42 Å². The number of rotatable bonds is 3. The Morgan fingerprint density at radius 2 is 1.90 bits per heavy atom. The number of nitrogens with zero attached hydrogens (tertiary/aromatic N) is 2. The number of hydrogen-bond donors (Lipinski definition) is 1. The fraction of sp³-hybridized carbons (Fsp3) is 0.333. The number of benzene rings is 2. The third-order valence-electron chi connectivity index (χ3n) is 6.21. The van der Waals surface area contributed by atoms with E-state index in [2.05, 4.69) is 21.3 Å². The number of aromatic nitrogens is 1. The number of halogens is 1. The normalized spacial score (nSPS) is 16.8. The molecular formula is C24H24ClN3O.